The van der Waals surface area contributed by atoms with E-state index in [1.807, 2.05) is 0 Å². The van der Waals surface area contributed by atoms with E-state index in [9.17, 15) is 25.2 Å². The molecule has 1 aromatic heterocycles. The van der Waals surface area contributed by atoms with Gasteiger partial charge in [0, 0.05) is 19.0 Å². The number of nitrogens with zero attached hydrogens (tertiary/aromatic N) is 3. The Bertz CT molecular complexity index is 852. The van der Waals surface area contributed by atoms with E-state index < -0.39 is 37.3 Å². The molecule has 202 valence electrons. The lowest BCUT2D eigenvalue weighted by Gasteiger charge is -2.54. The summed E-state index contributed by atoms with van der Waals surface area (Å²) in [6, 6.07) is 0.407. The number of carbonyl (C=O) groups is 1. The molecule has 4 saturated carbocycles. The van der Waals surface area contributed by atoms with E-state index in [2.05, 4.69) is 15.6 Å². The van der Waals surface area contributed by atoms with Gasteiger partial charge in [-0.05, 0) is 68.6 Å². The molecule has 11 nitrogen and oxygen atoms in total. The summed E-state index contributed by atoms with van der Waals surface area (Å²) in [6.07, 6.45) is 5.06. The summed E-state index contributed by atoms with van der Waals surface area (Å²) in [7, 11) is 0. The Labute approximate surface area is 211 Å². The molecular formula is C25H40N4O7. The fourth-order valence-electron chi connectivity index (χ4n) is 7.04. The third kappa shape index (κ3) is 5.76. The van der Waals surface area contributed by atoms with E-state index in [4.69, 9.17) is 9.47 Å². The zero-order valence-corrected chi connectivity index (χ0v) is 20.7. The smallest absolute Gasteiger partial charge is 0.220 e. The first-order chi connectivity index (χ1) is 17.4. The molecule has 11 heteroatoms. The molecule has 4 bridgehead atoms. The molecule has 5 N–H and O–H groups in total. The Morgan fingerprint density at radius 3 is 2.44 bits per heavy atom. The fourth-order valence-corrected chi connectivity index (χ4v) is 7.04. The van der Waals surface area contributed by atoms with Gasteiger partial charge in [-0.2, -0.15) is 0 Å². The van der Waals surface area contributed by atoms with E-state index in [0.29, 0.717) is 36.5 Å². The van der Waals surface area contributed by atoms with Crippen molar-refractivity contribution >= 4 is 5.91 Å². The number of amides is 1. The first kappa shape index (κ1) is 26.0. The molecule has 1 aromatic rings. The molecule has 0 aromatic carbocycles. The molecule has 6 rings (SSSR count). The van der Waals surface area contributed by atoms with Crippen molar-refractivity contribution < 1.29 is 34.7 Å². The number of aliphatic hydroxyl groups excluding tert-OH is 4. The topological polar surface area (TPSA) is 159 Å². The Morgan fingerprint density at radius 2 is 1.75 bits per heavy atom. The summed E-state index contributed by atoms with van der Waals surface area (Å²) < 4.78 is 12.5. The van der Waals surface area contributed by atoms with E-state index in [1.54, 1.807) is 10.9 Å². The number of carbonyl (C=O) groups excluding carboxylic acids is 1. The third-order valence-electron chi connectivity index (χ3n) is 8.68. The number of aryl methyl sites for hydroxylation is 1. The SMILES string of the molecule is O=C(CCCCCn1cc(CO[C@@H]2O[C@H](CO)[C@@H](O)[C@H](O)[C@H]2O)nn1)NC1C2CC3CC(C2)CC1C3. The van der Waals surface area contributed by atoms with Crippen molar-refractivity contribution in [3.63, 3.8) is 0 Å². The molecule has 1 amide bonds. The fraction of sp³-hybridized carbons (Fsp3) is 0.880. The highest BCUT2D eigenvalue weighted by Crippen LogP contribution is 2.53. The maximum Gasteiger partial charge on any atom is 0.220 e. The van der Waals surface area contributed by atoms with Crippen LogP contribution in [-0.4, -0.2) is 84.7 Å². The molecule has 5 fully saturated rings. The monoisotopic (exact) mass is 508 g/mol. The van der Waals surface area contributed by atoms with E-state index in [-0.39, 0.29) is 12.5 Å². The average Bonchev–Trinajstić information content (AvgIpc) is 3.31. The van der Waals surface area contributed by atoms with Crippen LogP contribution in [0.3, 0.4) is 0 Å². The highest BCUT2D eigenvalue weighted by atomic mass is 16.7. The van der Waals surface area contributed by atoms with Gasteiger partial charge in [-0.15, -0.1) is 5.10 Å². The first-order valence-electron chi connectivity index (χ1n) is 13.5. The van der Waals surface area contributed by atoms with Crippen LogP contribution in [0.2, 0.25) is 0 Å². The van der Waals surface area contributed by atoms with Crippen molar-refractivity contribution in [2.45, 2.75) is 108 Å². The summed E-state index contributed by atoms with van der Waals surface area (Å²) in [6.45, 7) is 0.156. The van der Waals surface area contributed by atoms with Gasteiger partial charge in [0.25, 0.3) is 0 Å². The quantitative estimate of drug-likeness (QED) is 0.261. The molecule has 0 radical (unpaired) electrons. The van der Waals surface area contributed by atoms with Crippen LogP contribution >= 0.6 is 0 Å². The van der Waals surface area contributed by atoms with Crippen LogP contribution < -0.4 is 5.32 Å². The van der Waals surface area contributed by atoms with Gasteiger partial charge in [0.2, 0.25) is 5.91 Å². The molecule has 36 heavy (non-hydrogen) atoms. The Hall–Kier alpha value is -1.63. The van der Waals surface area contributed by atoms with Crippen LogP contribution in [0.15, 0.2) is 6.20 Å². The maximum atomic E-state index is 12.6. The predicted octanol–water partition coefficient (Wildman–Crippen LogP) is 0.0959. The van der Waals surface area contributed by atoms with E-state index >= 15 is 0 Å². The molecule has 1 aliphatic heterocycles. The van der Waals surface area contributed by atoms with Gasteiger partial charge in [0.15, 0.2) is 6.29 Å². The number of rotatable bonds is 11. The van der Waals surface area contributed by atoms with Crippen LogP contribution in [0.4, 0.5) is 0 Å². The zero-order valence-electron chi connectivity index (χ0n) is 20.7. The molecule has 5 aliphatic rings. The average molecular weight is 509 g/mol. The summed E-state index contributed by atoms with van der Waals surface area (Å²) in [5.74, 6) is 3.43. The predicted molar refractivity (Wildman–Crippen MR) is 126 cm³/mol. The third-order valence-corrected chi connectivity index (χ3v) is 8.68. The van der Waals surface area contributed by atoms with Gasteiger partial charge in [-0.25, -0.2) is 0 Å². The minimum Gasteiger partial charge on any atom is -0.394 e. The van der Waals surface area contributed by atoms with Crippen LogP contribution in [0, 0.1) is 23.7 Å². The van der Waals surface area contributed by atoms with Crippen LogP contribution in [0.25, 0.3) is 0 Å². The zero-order chi connectivity index (χ0) is 25.2. The van der Waals surface area contributed by atoms with Crippen molar-refractivity contribution in [3.8, 4) is 0 Å². The van der Waals surface area contributed by atoms with Crippen molar-refractivity contribution in [1.82, 2.24) is 20.3 Å². The second-order valence-electron chi connectivity index (χ2n) is 11.3. The summed E-state index contributed by atoms with van der Waals surface area (Å²) >= 11 is 0. The first-order valence-corrected chi connectivity index (χ1v) is 13.5. The van der Waals surface area contributed by atoms with Crippen molar-refractivity contribution in [3.05, 3.63) is 11.9 Å². The highest BCUT2D eigenvalue weighted by molar-refractivity contribution is 5.76. The molecule has 5 atom stereocenters. The number of hydrogen-bond donors (Lipinski definition) is 5. The lowest BCUT2D eigenvalue weighted by molar-refractivity contribution is -0.304. The van der Waals surface area contributed by atoms with Gasteiger partial charge < -0.3 is 35.2 Å². The minimum atomic E-state index is -1.48. The Balaban J connectivity index is 0.971. The summed E-state index contributed by atoms with van der Waals surface area (Å²) in [5.41, 5.74) is 0.530. The molecular weight excluding hydrogens is 468 g/mol. The molecule has 1 saturated heterocycles. The molecule has 2 heterocycles. The molecule has 0 spiro atoms. The summed E-state index contributed by atoms with van der Waals surface area (Å²) in [5, 5.41) is 50.5. The van der Waals surface area contributed by atoms with Crippen LogP contribution in [0.1, 0.15) is 63.5 Å². The Kier molecular flexibility index (Phi) is 8.24. The normalized spacial score (nSPS) is 39.4. The number of aromatic nitrogens is 3. The Morgan fingerprint density at radius 1 is 1.03 bits per heavy atom. The lowest BCUT2D eigenvalue weighted by atomic mass is 9.54. The second kappa shape index (κ2) is 11.4. The van der Waals surface area contributed by atoms with E-state index in [0.717, 1.165) is 31.1 Å². The van der Waals surface area contributed by atoms with Crippen molar-refractivity contribution in [2.24, 2.45) is 23.7 Å². The van der Waals surface area contributed by atoms with Crippen molar-refractivity contribution in [1.29, 1.82) is 0 Å². The highest BCUT2D eigenvalue weighted by Gasteiger charge is 2.48. The van der Waals surface area contributed by atoms with Gasteiger partial charge in [-0.1, -0.05) is 11.6 Å². The lowest BCUT2D eigenvalue weighted by Crippen LogP contribution is -2.59. The maximum absolute atomic E-state index is 12.6. The van der Waals surface area contributed by atoms with Crippen molar-refractivity contribution in [2.75, 3.05) is 6.61 Å². The van der Waals surface area contributed by atoms with Crippen LogP contribution in [-0.2, 0) is 27.4 Å². The van der Waals surface area contributed by atoms with Crippen LogP contribution in [0.5, 0.6) is 0 Å². The number of nitrogens with one attached hydrogen (secondary N) is 1. The minimum absolute atomic E-state index is 0.00644. The number of unbranched alkanes of at least 4 members (excludes halogenated alkanes) is 2. The van der Waals surface area contributed by atoms with Gasteiger partial charge in [0.05, 0.1) is 19.4 Å². The molecule has 4 aliphatic carbocycles. The standard InChI is InChI=1S/C25H40N4O7/c30-12-19-22(32)23(33)24(34)25(36-19)35-13-18-11-29(28-27-18)5-3-1-2-4-20(31)26-21-16-7-14-6-15(9-16)10-17(21)8-14/h11,14-17,19,21-25,30,32-34H,1-10,12-13H2,(H,26,31)/t14?,15?,16?,17?,19-,21?,22-,23+,24-,25-/m1/s1. The number of aliphatic hydroxyl groups is 4. The number of hydrogen-bond acceptors (Lipinski definition) is 9. The van der Waals surface area contributed by atoms with Gasteiger partial charge in [0.1, 0.15) is 30.1 Å². The second-order valence-corrected chi connectivity index (χ2v) is 11.3. The summed E-state index contributed by atoms with van der Waals surface area (Å²) in [4.78, 5) is 12.6. The number of ether oxygens (including phenoxy) is 2. The van der Waals surface area contributed by atoms with Gasteiger partial charge >= 0.3 is 0 Å². The largest absolute Gasteiger partial charge is 0.394 e. The molecule has 0 unspecified atom stereocenters. The van der Waals surface area contributed by atoms with E-state index in [1.165, 1.54) is 32.1 Å². The van der Waals surface area contributed by atoms with Gasteiger partial charge in [-0.3, -0.25) is 9.48 Å².